The normalized spacial score (nSPS) is 17.1. The Morgan fingerprint density at radius 1 is 1.22 bits per heavy atom. The van der Waals surface area contributed by atoms with Gasteiger partial charge in [0.2, 0.25) is 0 Å². The zero-order chi connectivity index (χ0) is 13.0. The van der Waals surface area contributed by atoms with Gasteiger partial charge in [-0.3, -0.25) is 0 Å². The fourth-order valence-corrected chi connectivity index (χ4v) is 2.47. The molecule has 1 aliphatic carbocycles. The number of carbonyl (C=O) groups is 1. The van der Waals surface area contributed by atoms with Crippen LogP contribution in [0.25, 0.3) is 0 Å². The van der Waals surface area contributed by atoms with Gasteiger partial charge in [-0.2, -0.15) is 0 Å². The summed E-state index contributed by atoms with van der Waals surface area (Å²) in [5, 5.41) is 12.3. The van der Waals surface area contributed by atoms with E-state index in [0.29, 0.717) is 11.7 Å². The maximum absolute atomic E-state index is 10.8. The average molecular weight is 248 g/mol. The largest absolute Gasteiger partial charge is 0.478 e. The van der Waals surface area contributed by atoms with Gasteiger partial charge in [-0.25, -0.2) is 4.79 Å². The molecule has 0 atom stereocenters. The van der Waals surface area contributed by atoms with Crippen molar-refractivity contribution < 1.29 is 9.90 Å². The van der Waals surface area contributed by atoms with Gasteiger partial charge in [-0.05, 0) is 31.0 Å². The van der Waals surface area contributed by atoms with Crippen LogP contribution in [0.4, 0.5) is 11.4 Å². The monoisotopic (exact) mass is 248 g/mol. The molecule has 0 unspecified atom stereocenters. The summed E-state index contributed by atoms with van der Waals surface area (Å²) in [6.07, 6.45) is 7.47. The Hall–Kier alpha value is -1.71. The van der Waals surface area contributed by atoms with Crippen LogP contribution >= 0.6 is 0 Å². The van der Waals surface area contributed by atoms with Crippen LogP contribution in [-0.4, -0.2) is 17.1 Å². The highest BCUT2D eigenvalue weighted by Gasteiger charge is 2.13. The zero-order valence-electron chi connectivity index (χ0n) is 10.5. The molecule has 2 rings (SSSR count). The van der Waals surface area contributed by atoms with Crippen LogP contribution in [0.2, 0.25) is 0 Å². The van der Waals surface area contributed by atoms with E-state index >= 15 is 0 Å². The molecule has 0 aliphatic heterocycles. The molecule has 1 aromatic carbocycles. The predicted octanol–water partition coefficient (Wildman–Crippen LogP) is 3.10. The number of aromatic carboxylic acids is 1. The lowest BCUT2D eigenvalue weighted by Crippen LogP contribution is -2.19. The number of hydrogen-bond acceptors (Lipinski definition) is 3. The SMILES string of the molecule is Nc1cc(C(=O)O)ccc1NC1CCCCCC1. The molecule has 0 bridgehead atoms. The van der Waals surface area contributed by atoms with Crippen molar-refractivity contribution in [3.05, 3.63) is 23.8 Å². The standard InChI is InChI=1S/C14H20N2O2/c15-12-9-10(14(17)18)7-8-13(12)16-11-5-3-1-2-4-6-11/h7-9,11,16H,1-6,15H2,(H,17,18). The highest BCUT2D eigenvalue weighted by atomic mass is 16.4. The third-order valence-corrected chi connectivity index (χ3v) is 3.51. The minimum atomic E-state index is -0.942. The fourth-order valence-electron chi connectivity index (χ4n) is 2.47. The van der Waals surface area contributed by atoms with Gasteiger partial charge in [0.05, 0.1) is 16.9 Å². The molecule has 0 heterocycles. The lowest BCUT2D eigenvalue weighted by molar-refractivity contribution is 0.0697. The van der Waals surface area contributed by atoms with E-state index in [4.69, 9.17) is 10.8 Å². The maximum Gasteiger partial charge on any atom is 0.335 e. The summed E-state index contributed by atoms with van der Waals surface area (Å²) < 4.78 is 0. The van der Waals surface area contributed by atoms with Gasteiger partial charge in [-0.15, -0.1) is 0 Å². The molecular weight excluding hydrogens is 228 g/mol. The third kappa shape index (κ3) is 3.15. The van der Waals surface area contributed by atoms with Crippen LogP contribution < -0.4 is 11.1 Å². The summed E-state index contributed by atoms with van der Waals surface area (Å²) in [4.78, 5) is 10.8. The van der Waals surface area contributed by atoms with E-state index in [2.05, 4.69) is 5.32 Å². The van der Waals surface area contributed by atoms with E-state index in [0.717, 1.165) is 5.69 Å². The molecule has 0 amide bonds. The van der Waals surface area contributed by atoms with Crippen molar-refractivity contribution >= 4 is 17.3 Å². The van der Waals surface area contributed by atoms with E-state index in [1.165, 1.54) is 44.6 Å². The molecule has 1 saturated carbocycles. The van der Waals surface area contributed by atoms with Crippen molar-refractivity contribution in [1.82, 2.24) is 0 Å². The summed E-state index contributed by atoms with van der Waals surface area (Å²) in [5.41, 5.74) is 7.49. The van der Waals surface area contributed by atoms with Gasteiger partial charge in [0, 0.05) is 6.04 Å². The number of nitrogens with two attached hydrogens (primary N) is 1. The Labute approximate surface area is 107 Å². The first kappa shape index (κ1) is 12.7. The lowest BCUT2D eigenvalue weighted by atomic mass is 10.1. The summed E-state index contributed by atoms with van der Waals surface area (Å²) in [5.74, 6) is -0.942. The van der Waals surface area contributed by atoms with Crippen LogP contribution in [0.3, 0.4) is 0 Å². The van der Waals surface area contributed by atoms with E-state index in [1.54, 1.807) is 12.1 Å². The molecule has 4 nitrogen and oxygen atoms in total. The second-order valence-electron chi connectivity index (χ2n) is 4.94. The van der Waals surface area contributed by atoms with Gasteiger partial charge in [0.25, 0.3) is 0 Å². The number of hydrogen-bond donors (Lipinski definition) is 3. The van der Waals surface area contributed by atoms with Gasteiger partial charge < -0.3 is 16.2 Å². The van der Waals surface area contributed by atoms with Crippen LogP contribution in [0.15, 0.2) is 18.2 Å². The van der Waals surface area contributed by atoms with Gasteiger partial charge in [-0.1, -0.05) is 25.7 Å². The first-order valence-electron chi connectivity index (χ1n) is 6.56. The van der Waals surface area contributed by atoms with Crippen molar-refractivity contribution in [3.63, 3.8) is 0 Å². The molecule has 98 valence electrons. The second kappa shape index (κ2) is 5.76. The maximum atomic E-state index is 10.8. The molecule has 1 aliphatic rings. The van der Waals surface area contributed by atoms with Gasteiger partial charge in [0.15, 0.2) is 0 Å². The molecule has 1 aromatic rings. The number of nitrogen functional groups attached to an aromatic ring is 1. The van der Waals surface area contributed by atoms with E-state index in [9.17, 15) is 4.79 Å². The summed E-state index contributed by atoms with van der Waals surface area (Å²) in [7, 11) is 0. The smallest absolute Gasteiger partial charge is 0.335 e. The Balaban J connectivity index is 2.06. The van der Waals surface area contributed by atoms with Crippen molar-refractivity contribution in [3.8, 4) is 0 Å². The van der Waals surface area contributed by atoms with Crippen LogP contribution in [0.5, 0.6) is 0 Å². The molecule has 1 fully saturated rings. The van der Waals surface area contributed by atoms with Crippen molar-refractivity contribution in [2.75, 3.05) is 11.1 Å². The molecular formula is C14H20N2O2. The van der Waals surface area contributed by atoms with Crippen molar-refractivity contribution in [2.24, 2.45) is 0 Å². The van der Waals surface area contributed by atoms with Crippen LogP contribution in [0, 0.1) is 0 Å². The summed E-state index contributed by atoms with van der Waals surface area (Å²) >= 11 is 0. The van der Waals surface area contributed by atoms with Gasteiger partial charge >= 0.3 is 5.97 Å². The molecule has 4 heteroatoms. The number of rotatable bonds is 3. The lowest BCUT2D eigenvalue weighted by Gasteiger charge is -2.19. The average Bonchev–Trinajstić information content (AvgIpc) is 2.60. The molecule has 0 aromatic heterocycles. The molecule has 0 radical (unpaired) electrons. The van der Waals surface area contributed by atoms with Crippen molar-refractivity contribution in [2.45, 2.75) is 44.6 Å². The van der Waals surface area contributed by atoms with Crippen LogP contribution in [-0.2, 0) is 0 Å². The first-order chi connectivity index (χ1) is 8.66. The van der Waals surface area contributed by atoms with Crippen molar-refractivity contribution in [1.29, 1.82) is 0 Å². The van der Waals surface area contributed by atoms with Crippen LogP contribution in [0.1, 0.15) is 48.9 Å². The van der Waals surface area contributed by atoms with Gasteiger partial charge in [0.1, 0.15) is 0 Å². The van der Waals surface area contributed by atoms with E-state index < -0.39 is 5.97 Å². The number of anilines is 2. The summed E-state index contributed by atoms with van der Waals surface area (Å²) in [6.45, 7) is 0. The number of carboxylic acids is 1. The van der Waals surface area contributed by atoms with E-state index in [1.807, 2.05) is 0 Å². The highest BCUT2D eigenvalue weighted by Crippen LogP contribution is 2.25. The molecule has 4 N–H and O–H groups in total. The quantitative estimate of drug-likeness (QED) is 0.567. The first-order valence-corrected chi connectivity index (χ1v) is 6.56. The number of benzene rings is 1. The zero-order valence-corrected chi connectivity index (χ0v) is 10.5. The minimum absolute atomic E-state index is 0.235. The molecule has 18 heavy (non-hydrogen) atoms. The summed E-state index contributed by atoms with van der Waals surface area (Å²) in [6, 6.07) is 5.34. The number of nitrogens with one attached hydrogen (secondary N) is 1. The Morgan fingerprint density at radius 3 is 2.44 bits per heavy atom. The molecule has 0 spiro atoms. The topological polar surface area (TPSA) is 75.4 Å². The fraction of sp³-hybridized carbons (Fsp3) is 0.500. The minimum Gasteiger partial charge on any atom is -0.478 e. The molecule has 0 saturated heterocycles. The Bertz CT molecular complexity index is 424. The Kier molecular flexibility index (Phi) is 4.07. The Morgan fingerprint density at radius 2 is 1.89 bits per heavy atom. The van der Waals surface area contributed by atoms with E-state index in [-0.39, 0.29) is 5.56 Å². The predicted molar refractivity (Wildman–Crippen MR) is 72.9 cm³/mol. The third-order valence-electron chi connectivity index (χ3n) is 3.51. The highest BCUT2D eigenvalue weighted by molar-refractivity contribution is 5.90. The number of carboxylic acid groups (broad SMARTS) is 1. The second-order valence-corrected chi connectivity index (χ2v) is 4.94.